The summed E-state index contributed by atoms with van der Waals surface area (Å²) in [6, 6.07) is 2.59. The quantitative estimate of drug-likeness (QED) is 0.797. The van der Waals surface area contributed by atoms with E-state index in [1.807, 2.05) is 0 Å². The molecule has 1 rings (SSSR count). The molecule has 0 amide bonds. The second kappa shape index (κ2) is 6.22. The van der Waals surface area contributed by atoms with Gasteiger partial charge in [-0.05, 0) is 45.2 Å². The first-order valence-electron chi connectivity index (χ1n) is 6.51. The monoisotopic (exact) mass is 238 g/mol. The summed E-state index contributed by atoms with van der Waals surface area (Å²) in [7, 11) is 0. The van der Waals surface area contributed by atoms with E-state index in [1.165, 1.54) is 17.0 Å². The maximum atomic E-state index is 9.10. The van der Waals surface area contributed by atoms with Gasteiger partial charge in [-0.3, -0.25) is 0 Å². The lowest BCUT2D eigenvalue weighted by molar-refractivity contribution is 0.207. The SMILES string of the molecule is CCn1c(C)cc(CNC(C)C(C)CO)c1C. The molecule has 2 N–H and O–H groups in total. The molecule has 0 radical (unpaired) electrons. The summed E-state index contributed by atoms with van der Waals surface area (Å²) >= 11 is 0. The molecule has 17 heavy (non-hydrogen) atoms. The van der Waals surface area contributed by atoms with Gasteiger partial charge in [-0.25, -0.2) is 0 Å². The van der Waals surface area contributed by atoms with Crippen LogP contribution in [0.25, 0.3) is 0 Å². The van der Waals surface area contributed by atoms with Crippen LogP contribution in [0.2, 0.25) is 0 Å². The normalized spacial score (nSPS) is 14.9. The average Bonchev–Trinajstić information content (AvgIpc) is 2.59. The van der Waals surface area contributed by atoms with Crippen LogP contribution in [0.4, 0.5) is 0 Å². The van der Waals surface area contributed by atoms with Crippen molar-refractivity contribution in [3.8, 4) is 0 Å². The molecule has 0 aliphatic rings. The van der Waals surface area contributed by atoms with Crippen LogP contribution in [0.1, 0.15) is 37.7 Å². The summed E-state index contributed by atoms with van der Waals surface area (Å²) in [5.74, 6) is 0.296. The number of hydrogen-bond donors (Lipinski definition) is 2. The van der Waals surface area contributed by atoms with E-state index in [9.17, 15) is 0 Å². The minimum atomic E-state index is 0.238. The molecular weight excluding hydrogens is 212 g/mol. The Hall–Kier alpha value is -0.800. The van der Waals surface area contributed by atoms with E-state index < -0.39 is 0 Å². The predicted octanol–water partition coefficient (Wildman–Crippen LogP) is 2.23. The van der Waals surface area contributed by atoms with Crippen LogP contribution in [0, 0.1) is 19.8 Å². The molecule has 1 heterocycles. The third kappa shape index (κ3) is 3.33. The first-order valence-corrected chi connectivity index (χ1v) is 6.51. The van der Waals surface area contributed by atoms with Crippen molar-refractivity contribution in [1.82, 2.24) is 9.88 Å². The molecule has 0 saturated heterocycles. The standard InChI is InChI=1S/C14H26N2O/c1-6-16-11(3)7-14(13(16)5)8-15-12(4)10(2)9-17/h7,10,12,15,17H,6,8-9H2,1-5H3. The van der Waals surface area contributed by atoms with Gasteiger partial charge in [0.05, 0.1) is 0 Å². The molecule has 1 aromatic rings. The van der Waals surface area contributed by atoms with E-state index in [1.54, 1.807) is 0 Å². The van der Waals surface area contributed by atoms with Crippen LogP contribution in [0.5, 0.6) is 0 Å². The Morgan fingerprint density at radius 3 is 2.47 bits per heavy atom. The van der Waals surface area contributed by atoms with E-state index in [-0.39, 0.29) is 6.61 Å². The highest BCUT2D eigenvalue weighted by Crippen LogP contribution is 2.15. The van der Waals surface area contributed by atoms with Gasteiger partial charge in [0.1, 0.15) is 0 Å². The lowest BCUT2D eigenvalue weighted by Crippen LogP contribution is -2.33. The molecule has 2 atom stereocenters. The van der Waals surface area contributed by atoms with Crippen LogP contribution < -0.4 is 5.32 Å². The number of aryl methyl sites for hydroxylation is 1. The van der Waals surface area contributed by atoms with Crippen molar-refractivity contribution >= 4 is 0 Å². The number of nitrogens with zero attached hydrogens (tertiary/aromatic N) is 1. The highest BCUT2D eigenvalue weighted by molar-refractivity contribution is 5.26. The highest BCUT2D eigenvalue weighted by Gasteiger charge is 2.12. The zero-order valence-corrected chi connectivity index (χ0v) is 11.7. The van der Waals surface area contributed by atoms with Crippen molar-refractivity contribution in [3.63, 3.8) is 0 Å². The van der Waals surface area contributed by atoms with Gasteiger partial charge < -0.3 is 15.0 Å². The first kappa shape index (κ1) is 14.3. The van der Waals surface area contributed by atoms with Gasteiger partial charge in [0.2, 0.25) is 0 Å². The third-order valence-corrected chi connectivity index (χ3v) is 3.75. The third-order valence-electron chi connectivity index (χ3n) is 3.75. The molecule has 2 unspecified atom stereocenters. The van der Waals surface area contributed by atoms with Gasteiger partial charge in [-0.15, -0.1) is 0 Å². The molecule has 1 aromatic heterocycles. The Kier molecular flexibility index (Phi) is 5.22. The number of aliphatic hydroxyl groups excluding tert-OH is 1. The van der Waals surface area contributed by atoms with Crippen LogP contribution in [0.3, 0.4) is 0 Å². The van der Waals surface area contributed by atoms with Gasteiger partial charge in [0, 0.05) is 37.1 Å². The Bertz CT molecular complexity index is 357. The largest absolute Gasteiger partial charge is 0.396 e. The van der Waals surface area contributed by atoms with Crippen molar-refractivity contribution in [1.29, 1.82) is 0 Å². The number of rotatable bonds is 6. The maximum absolute atomic E-state index is 9.10. The fourth-order valence-corrected chi connectivity index (χ4v) is 2.17. The Balaban J connectivity index is 2.64. The van der Waals surface area contributed by atoms with Crippen LogP contribution in [-0.2, 0) is 13.1 Å². The van der Waals surface area contributed by atoms with Gasteiger partial charge in [0.25, 0.3) is 0 Å². The summed E-state index contributed by atoms with van der Waals surface area (Å²) in [6.45, 7) is 12.8. The molecule has 0 aliphatic heterocycles. The zero-order chi connectivity index (χ0) is 13.0. The number of nitrogens with one attached hydrogen (secondary N) is 1. The van der Waals surface area contributed by atoms with Crippen molar-refractivity contribution in [2.24, 2.45) is 5.92 Å². The van der Waals surface area contributed by atoms with Gasteiger partial charge in [-0.2, -0.15) is 0 Å². The van der Waals surface area contributed by atoms with Crippen molar-refractivity contribution < 1.29 is 5.11 Å². The molecule has 0 bridgehead atoms. The summed E-state index contributed by atoms with van der Waals surface area (Å²) < 4.78 is 2.33. The maximum Gasteiger partial charge on any atom is 0.0471 e. The van der Waals surface area contributed by atoms with E-state index in [4.69, 9.17) is 5.11 Å². The molecule has 0 saturated carbocycles. The van der Waals surface area contributed by atoms with Crippen molar-refractivity contribution in [2.45, 2.75) is 53.8 Å². The van der Waals surface area contributed by atoms with Crippen molar-refractivity contribution in [2.75, 3.05) is 6.61 Å². The molecule has 0 aromatic carbocycles. The van der Waals surface area contributed by atoms with Crippen LogP contribution >= 0.6 is 0 Å². The number of hydrogen-bond acceptors (Lipinski definition) is 2. The number of aromatic nitrogens is 1. The topological polar surface area (TPSA) is 37.2 Å². The van der Waals surface area contributed by atoms with E-state index in [0.717, 1.165) is 13.1 Å². The van der Waals surface area contributed by atoms with Gasteiger partial charge in [-0.1, -0.05) is 6.92 Å². The Morgan fingerprint density at radius 2 is 2.00 bits per heavy atom. The minimum Gasteiger partial charge on any atom is -0.396 e. The average molecular weight is 238 g/mol. The molecule has 3 heteroatoms. The van der Waals surface area contributed by atoms with Crippen molar-refractivity contribution in [3.05, 3.63) is 23.0 Å². The highest BCUT2D eigenvalue weighted by atomic mass is 16.3. The summed E-state index contributed by atoms with van der Waals surface area (Å²) in [6.07, 6.45) is 0. The molecular formula is C14H26N2O. The predicted molar refractivity (Wildman–Crippen MR) is 72.1 cm³/mol. The smallest absolute Gasteiger partial charge is 0.0471 e. The Labute approximate surface area is 105 Å². The number of aliphatic hydroxyl groups is 1. The second-order valence-electron chi connectivity index (χ2n) is 4.97. The first-order chi connectivity index (χ1) is 8.01. The molecule has 3 nitrogen and oxygen atoms in total. The minimum absolute atomic E-state index is 0.238. The van der Waals surface area contributed by atoms with E-state index >= 15 is 0 Å². The Morgan fingerprint density at radius 1 is 1.35 bits per heavy atom. The lowest BCUT2D eigenvalue weighted by Gasteiger charge is -2.19. The van der Waals surface area contributed by atoms with Crippen LogP contribution in [-0.4, -0.2) is 22.3 Å². The van der Waals surface area contributed by atoms with Gasteiger partial charge in [0.15, 0.2) is 0 Å². The molecule has 0 spiro atoms. The molecule has 0 aliphatic carbocycles. The van der Waals surface area contributed by atoms with E-state index in [0.29, 0.717) is 12.0 Å². The zero-order valence-electron chi connectivity index (χ0n) is 11.7. The summed E-state index contributed by atoms with van der Waals surface area (Å²) in [5, 5.41) is 12.6. The fraction of sp³-hybridized carbons (Fsp3) is 0.714. The van der Waals surface area contributed by atoms with Gasteiger partial charge >= 0.3 is 0 Å². The second-order valence-corrected chi connectivity index (χ2v) is 4.97. The van der Waals surface area contributed by atoms with Crippen LogP contribution in [0.15, 0.2) is 6.07 Å². The molecule has 0 fully saturated rings. The fourth-order valence-electron chi connectivity index (χ4n) is 2.17. The molecule has 98 valence electrons. The summed E-state index contributed by atoms with van der Waals surface area (Å²) in [5.41, 5.74) is 4.03. The van der Waals surface area contributed by atoms with E-state index in [2.05, 4.69) is 50.6 Å². The summed E-state index contributed by atoms with van der Waals surface area (Å²) in [4.78, 5) is 0. The lowest BCUT2D eigenvalue weighted by atomic mass is 10.0.